The van der Waals surface area contributed by atoms with Crippen LogP contribution >= 0.6 is 0 Å². The molecule has 1 unspecified atom stereocenters. The van der Waals surface area contributed by atoms with Crippen molar-refractivity contribution < 1.29 is 13.5 Å². The largest absolute Gasteiger partial charge is 0.460 e. The van der Waals surface area contributed by atoms with Gasteiger partial charge in [-0.3, -0.25) is 4.90 Å². The third-order valence-corrected chi connectivity index (χ3v) is 5.02. The van der Waals surface area contributed by atoms with Crippen molar-refractivity contribution in [3.05, 3.63) is 48.2 Å². The molecule has 2 aliphatic heterocycles. The zero-order valence-electron chi connectivity index (χ0n) is 13.7. The lowest BCUT2D eigenvalue weighted by atomic mass is 9.95. The van der Waals surface area contributed by atoms with Crippen LogP contribution in [0, 0.1) is 0 Å². The smallest absolute Gasteiger partial charge is 0.134 e. The first-order chi connectivity index (χ1) is 11.8. The Bertz CT molecular complexity index is 669. The van der Waals surface area contributed by atoms with Crippen LogP contribution in [-0.2, 0) is 11.3 Å². The topological polar surface area (TPSA) is 37.6 Å². The maximum atomic E-state index is 13.5. The SMILES string of the molecule is FC1CCN(C2(CNCc3ccc(-c4ccccc4)o3)COC2)C1. The summed E-state index contributed by atoms with van der Waals surface area (Å²) in [6.07, 6.45) is -0.0543. The van der Waals surface area contributed by atoms with Crippen molar-refractivity contribution in [2.75, 3.05) is 32.8 Å². The number of nitrogens with zero attached hydrogens (tertiary/aromatic N) is 1. The average molecular weight is 330 g/mol. The summed E-state index contributed by atoms with van der Waals surface area (Å²) < 4.78 is 24.8. The fraction of sp³-hybridized carbons (Fsp3) is 0.474. The molecule has 0 radical (unpaired) electrons. The summed E-state index contributed by atoms with van der Waals surface area (Å²) in [6, 6.07) is 14.1. The lowest BCUT2D eigenvalue weighted by Crippen LogP contribution is -2.66. The van der Waals surface area contributed by atoms with Gasteiger partial charge in [-0.05, 0) is 18.6 Å². The number of rotatable bonds is 6. The van der Waals surface area contributed by atoms with Crippen molar-refractivity contribution in [2.45, 2.75) is 24.7 Å². The second-order valence-corrected chi connectivity index (χ2v) is 6.78. The number of furan rings is 1. The molecular formula is C19H23FN2O2. The number of hydrogen-bond donors (Lipinski definition) is 1. The molecule has 1 aromatic heterocycles. The molecule has 2 saturated heterocycles. The van der Waals surface area contributed by atoms with Gasteiger partial charge in [0.05, 0.1) is 25.3 Å². The van der Waals surface area contributed by atoms with E-state index in [0.717, 1.165) is 30.2 Å². The van der Waals surface area contributed by atoms with E-state index >= 15 is 0 Å². The molecule has 2 aromatic rings. The van der Waals surface area contributed by atoms with E-state index < -0.39 is 6.17 Å². The summed E-state index contributed by atoms with van der Waals surface area (Å²) in [5, 5.41) is 3.46. The molecule has 3 heterocycles. The highest BCUT2D eigenvalue weighted by Gasteiger charge is 2.46. The van der Waals surface area contributed by atoms with Gasteiger partial charge < -0.3 is 14.5 Å². The first kappa shape index (κ1) is 15.8. The fourth-order valence-electron chi connectivity index (χ4n) is 3.53. The summed E-state index contributed by atoms with van der Waals surface area (Å²) in [5.41, 5.74) is 1.04. The molecule has 2 fully saturated rings. The maximum Gasteiger partial charge on any atom is 0.134 e. The Labute approximate surface area is 141 Å². The summed E-state index contributed by atoms with van der Waals surface area (Å²) in [5.74, 6) is 1.79. The number of hydrogen-bond acceptors (Lipinski definition) is 4. The molecule has 0 amide bonds. The molecule has 128 valence electrons. The molecule has 4 rings (SSSR count). The highest BCUT2D eigenvalue weighted by Crippen LogP contribution is 2.29. The van der Waals surface area contributed by atoms with Gasteiger partial charge in [-0.15, -0.1) is 0 Å². The van der Waals surface area contributed by atoms with Crippen LogP contribution in [0.3, 0.4) is 0 Å². The molecule has 0 bridgehead atoms. The van der Waals surface area contributed by atoms with Gasteiger partial charge in [0.25, 0.3) is 0 Å². The third-order valence-electron chi connectivity index (χ3n) is 5.02. The Hall–Kier alpha value is -1.69. The van der Waals surface area contributed by atoms with Gasteiger partial charge in [0.2, 0.25) is 0 Å². The maximum absolute atomic E-state index is 13.5. The third kappa shape index (κ3) is 3.11. The van der Waals surface area contributed by atoms with E-state index in [2.05, 4.69) is 10.2 Å². The van der Waals surface area contributed by atoms with Crippen molar-refractivity contribution in [1.82, 2.24) is 10.2 Å². The fourth-order valence-corrected chi connectivity index (χ4v) is 3.53. The number of halogens is 1. The predicted molar refractivity (Wildman–Crippen MR) is 90.5 cm³/mol. The number of ether oxygens (including phenoxy) is 1. The van der Waals surface area contributed by atoms with Crippen LogP contribution in [0.15, 0.2) is 46.9 Å². The molecule has 0 aliphatic carbocycles. The van der Waals surface area contributed by atoms with Crippen molar-refractivity contribution in [3.8, 4) is 11.3 Å². The Morgan fingerprint density at radius 3 is 2.67 bits per heavy atom. The van der Waals surface area contributed by atoms with Gasteiger partial charge in [-0.1, -0.05) is 30.3 Å². The van der Waals surface area contributed by atoms with Crippen LogP contribution < -0.4 is 5.32 Å². The zero-order chi connectivity index (χ0) is 16.4. The minimum atomic E-state index is -0.694. The Morgan fingerprint density at radius 1 is 1.17 bits per heavy atom. The summed E-state index contributed by atoms with van der Waals surface area (Å²) in [7, 11) is 0. The van der Waals surface area contributed by atoms with Crippen LogP contribution in [0.1, 0.15) is 12.2 Å². The number of nitrogens with one attached hydrogen (secondary N) is 1. The summed E-state index contributed by atoms with van der Waals surface area (Å²) in [4.78, 5) is 2.24. The van der Waals surface area contributed by atoms with Gasteiger partial charge in [-0.25, -0.2) is 4.39 Å². The predicted octanol–water partition coefficient (Wildman–Crippen LogP) is 2.85. The zero-order valence-corrected chi connectivity index (χ0v) is 13.7. The first-order valence-corrected chi connectivity index (χ1v) is 8.57. The minimum absolute atomic E-state index is 0.0459. The summed E-state index contributed by atoms with van der Waals surface area (Å²) >= 11 is 0. The quantitative estimate of drug-likeness (QED) is 0.884. The Kier molecular flexibility index (Phi) is 4.39. The molecule has 24 heavy (non-hydrogen) atoms. The van der Waals surface area contributed by atoms with Crippen LogP contribution in [0.2, 0.25) is 0 Å². The molecule has 2 aliphatic rings. The molecule has 0 spiro atoms. The minimum Gasteiger partial charge on any atom is -0.460 e. The van der Waals surface area contributed by atoms with Crippen LogP contribution in [0.25, 0.3) is 11.3 Å². The Balaban J connectivity index is 1.33. The van der Waals surface area contributed by atoms with E-state index in [0.29, 0.717) is 32.7 Å². The van der Waals surface area contributed by atoms with Crippen molar-refractivity contribution in [2.24, 2.45) is 0 Å². The van der Waals surface area contributed by atoms with Crippen LogP contribution in [0.5, 0.6) is 0 Å². The van der Waals surface area contributed by atoms with E-state index in [9.17, 15) is 4.39 Å². The monoisotopic (exact) mass is 330 g/mol. The van der Waals surface area contributed by atoms with Gasteiger partial charge >= 0.3 is 0 Å². The number of alkyl halides is 1. The first-order valence-electron chi connectivity index (χ1n) is 8.57. The molecule has 1 N–H and O–H groups in total. The van der Waals surface area contributed by atoms with Gasteiger partial charge in [0.15, 0.2) is 0 Å². The lowest BCUT2D eigenvalue weighted by molar-refractivity contribution is -0.133. The van der Waals surface area contributed by atoms with Crippen molar-refractivity contribution in [1.29, 1.82) is 0 Å². The number of benzene rings is 1. The molecule has 0 saturated carbocycles. The van der Waals surface area contributed by atoms with Gasteiger partial charge in [-0.2, -0.15) is 0 Å². The Morgan fingerprint density at radius 2 is 2.00 bits per heavy atom. The van der Waals surface area contributed by atoms with Gasteiger partial charge in [0.1, 0.15) is 17.7 Å². The summed E-state index contributed by atoms with van der Waals surface area (Å²) in [6.45, 7) is 4.18. The van der Waals surface area contributed by atoms with E-state index in [1.807, 2.05) is 42.5 Å². The normalized spacial score (nSPS) is 23.3. The van der Waals surface area contributed by atoms with Crippen molar-refractivity contribution in [3.63, 3.8) is 0 Å². The van der Waals surface area contributed by atoms with E-state index in [1.165, 1.54) is 0 Å². The second kappa shape index (κ2) is 6.67. The molecule has 4 nitrogen and oxygen atoms in total. The highest BCUT2D eigenvalue weighted by molar-refractivity contribution is 5.57. The van der Waals surface area contributed by atoms with Crippen LogP contribution in [0.4, 0.5) is 4.39 Å². The van der Waals surface area contributed by atoms with E-state index in [-0.39, 0.29) is 5.54 Å². The lowest BCUT2D eigenvalue weighted by Gasteiger charge is -2.48. The molecule has 1 atom stereocenters. The molecule has 1 aromatic carbocycles. The second-order valence-electron chi connectivity index (χ2n) is 6.78. The van der Waals surface area contributed by atoms with E-state index in [1.54, 1.807) is 0 Å². The highest BCUT2D eigenvalue weighted by atomic mass is 19.1. The molecular weight excluding hydrogens is 307 g/mol. The van der Waals surface area contributed by atoms with Crippen molar-refractivity contribution >= 4 is 0 Å². The number of likely N-dealkylation sites (tertiary alicyclic amines) is 1. The molecule has 5 heteroatoms. The average Bonchev–Trinajstić information content (AvgIpc) is 3.20. The van der Waals surface area contributed by atoms with Gasteiger partial charge in [0, 0.05) is 25.2 Å². The van der Waals surface area contributed by atoms with Crippen LogP contribution in [-0.4, -0.2) is 49.5 Å². The van der Waals surface area contributed by atoms with E-state index in [4.69, 9.17) is 9.15 Å². The standard InChI is InChI=1S/C19H23FN2O2/c20-16-8-9-22(11-16)19(13-23-14-19)12-21-10-17-6-7-18(24-17)15-4-2-1-3-5-15/h1-7,16,21H,8-14H2.